The second kappa shape index (κ2) is 8.00. The van der Waals surface area contributed by atoms with Gasteiger partial charge in [0.05, 0.1) is 7.11 Å². The molecule has 0 radical (unpaired) electrons. The Morgan fingerprint density at radius 3 is 2.38 bits per heavy atom. The molecule has 0 aliphatic carbocycles. The predicted octanol–water partition coefficient (Wildman–Crippen LogP) is 4.23. The van der Waals surface area contributed by atoms with Gasteiger partial charge in [-0.3, -0.25) is 4.90 Å². The Morgan fingerprint density at radius 2 is 1.71 bits per heavy atom. The van der Waals surface area contributed by atoms with Crippen LogP contribution in [0.5, 0.6) is 5.75 Å². The Bertz CT molecular complexity index is 662. The van der Waals surface area contributed by atoms with Gasteiger partial charge in [-0.05, 0) is 35.8 Å². The van der Waals surface area contributed by atoms with Gasteiger partial charge in [-0.15, -0.1) is 0 Å². The first kappa shape index (κ1) is 17.2. The van der Waals surface area contributed by atoms with E-state index >= 15 is 0 Å². The summed E-state index contributed by atoms with van der Waals surface area (Å²) in [6.45, 7) is 9.08. The van der Waals surface area contributed by atoms with Crippen molar-refractivity contribution in [2.75, 3.05) is 33.3 Å². The van der Waals surface area contributed by atoms with Crippen molar-refractivity contribution in [2.24, 2.45) is 5.92 Å². The van der Waals surface area contributed by atoms with Gasteiger partial charge in [0.1, 0.15) is 5.75 Å². The van der Waals surface area contributed by atoms with Crippen molar-refractivity contribution in [3.8, 4) is 5.75 Å². The quantitative estimate of drug-likeness (QED) is 0.860. The van der Waals surface area contributed by atoms with Gasteiger partial charge in [-0.1, -0.05) is 44.2 Å². The fourth-order valence-electron chi connectivity index (χ4n) is 3.78. The van der Waals surface area contributed by atoms with Gasteiger partial charge in [-0.2, -0.15) is 0 Å². The molecular weight excluding hydrogens is 296 g/mol. The summed E-state index contributed by atoms with van der Waals surface area (Å²) in [7, 11) is 1.76. The van der Waals surface area contributed by atoms with Crippen LogP contribution in [0.2, 0.25) is 0 Å². The van der Waals surface area contributed by atoms with E-state index < -0.39 is 0 Å². The SMILES string of the molecule is COc1ccc([C@@H](CCC(C)C)N2CCNCC2)c2ccccc12. The number of nitrogens with zero attached hydrogens (tertiary/aromatic N) is 1. The molecule has 2 aromatic rings. The third-order valence-electron chi connectivity index (χ3n) is 5.11. The molecule has 3 heteroatoms. The third-order valence-corrected chi connectivity index (χ3v) is 5.11. The number of benzene rings is 2. The third kappa shape index (κ3) is 3.73. The van der Waals surface area contributed by atoms with E-state index in [0.29, 0.717) is 6.04 Å². The van der Waals surface area contributed by atoms with E-state index in [1.54, 1.807) is 7.11 Å². The van der Waals surface area contributed by atoms with Crippen molar-refractivity contribution in [3.63, 3.8) is 0 Å². The Balaban J connectivity index is 2.01. The average molecular weight is 326 g/mol. The normalized spacial score (nSPS) is 17.3. The van der Waals surface area contributed by atoms with Crippen LogP contribution in [-0.2, 0) is 0 Å². The molecule has 3 rings (SSSR count). The smallest absolute Gasteiger partial charge is 0.126 e. The summed E-state index contributed by atoms with van der Waals surface area (Å²) in [6, 6.07) is 13.6. The van der Waals surface area contributed by atoms with Crippen molar-refractivity contribution in [3.05, 3.63) is 42.0 Å². The predicted molar refractivity (Wildman–Crippen MR) is 102 cm³/mol. The maximum absolute atomic E-state index is 5.58. The number of hydrogen-bond acceptors (Lipinski definition) is 3. The molecule has 1 aliphatic rings. The van der Waals surface area contributed by atoms with E-state index in [-0.39, 0.29) is 0 Å². The highest BCUT2D eigenvalue weighted by Gasteiger charge is 2.24. The van der Waals surface area contributed by atoms with Gasteiger partial charge in [0.2, 0.25) is 0 Å². The van der Waals surface area contributed by atoms with Crippen LogP contribution < -0.4 is 10.1 Å². The van der Waals surface area contributed by atoms with Crippen molar-refractivity contribution < 1.29 is 4.74 Å². The van der Waals surface area contributed by atoms with Crippen molar-refractivity contribution in [1.29, 1.82) is 0 Å². The summed E-state index contributed by atoms with van der Waals surface area (Å²) in [5, 5.41) is 6.04. The molecule has 130 valence electrons. The lowest BCUT2D eigenvalue weighted by molar-refractivity contribution is 0.161. The van der Waals surface area contributed by atoms with Gasteiger partial charge in [0.15, 0.2) is 0 Å². The molecule has 3 nitrogen and oxygen atoms in total. The van der Waals surface area contributed by atoms with Crippen LogP contribution in [0.15, 0.2) is 36.4 Å². The molecule has 1 fully saturated rings. The first-order chi connectivity index (χ1) is 11.7. The van der Waals surface area contributed by atoms with E-state index in [0.717, 1.165) is 37.8 Å². The maximum atomic E-state index is 5.58. The number of ether oxygens (including phenoxy) is 1. The minimum absolute atomic E-state index is 0.491. The lowest BCUT2D eigenvalue weighted by atomic mass is 9.91. The second-order valence-electron chi connectivity index (χ2n) is 7.18. The summed E-state index contributed by atoms with van der Waals surface area (Å²) in [5.74, 6) is 1.71. The molecule has 0 amide bonds. The van der Waals surface area contributed by atoms with Crippen molar-refractivity contribution in [1.82, 2.24) is 10.2 Å². The zero-order valence-corrected chi connectivity index (χ0v) is 15.2. The molecule has 1 aliphatic heterocycles. The highest BCUT2D eigenvalue weighted by atomic mass is 16.5. The van der Waals surface area contributed by atoms with Crippen LogP contribution in [0.1, 0.15) is 38.3 Å². The molecule has 0 aromatic heterocycles. The average Bonchev–Trinajstić information content (AvgIpc) is 2.62. The minimum atomic E-state index is 0.491. The first-order valence-corrected chi connectivity index (χ1v) is 9.21. The largest absolute Gasteiger partial charge is 0.496 e. The molecule has 1 heterocycles. The minimum Gasteiger partial charge on any atom is -0.496 e. The Kier molecular flexibility index (Phi) is 5.75. The van der Waals surface area contributed by atoms with E-state index in [1.807, 2.05) is 0 Å². The molecule has 0 saturated carbocycles. The number of piperazine rings is 1. The highest BCUT2D eigenvalue weighted by Crippen LogP contribution is 2.36. The molecular formula is C21H30N2O. The summed E-state index contributed by atoms with van der Waals surface area (Å²) in [5.41, 5.74) is 1.45. The van der Waals surface area contributed by atoms with Gasteiger partial charge in [-0.25, -0.2) is 0 Å². The number of fused-ring (bicyclic) bond motifs is 1. The zero-order valence-electron chi connectivity index (χ0n) is 15.2. The van der Waals surface area contributed by atoms with Crippen molar-refractivity contribution >= 4 is 10.8 Å². The molecule has 0 unspecified atom stereocenters. The second-order valence-corrected chi connectivity index (χ2v) is 7.18. The van der Waals surface area contributed by atoms with E-state index in [1.165, 1.54) is 29.2 Å². The monoisotopic (exact) mass is 326 g/mol. The van der Waals surface area contributed by atoms with Crippen LogP contribution in [0.4, 0.5) is 0 Å². The van der Waals surface area contributed by atoms with E-state index in [9.17, 15) is 0 Å². The summed E-state index contributed by atoms with van der Waals surface area (Å²) in [4.78, 5) is 2.66. The van der Waals surface area contributed by atoms with Crippen LogP contribution in [0.3, 0.4) is 0 Å². The van der Waals surface area contributed by atoms with Gasteiger partial charge in [0.25, 0.3) is 0 Å². The van der Waals surface area contributed by atoms with Gasteiger partial charge in [0, 0.05) is 37.6 Å². The fraction of sp³-hybridized carbons (Fsp3) is 0.524. The van der Waals surface area contributed by atoms with Crippen LogP contribution >= 0.6 is 0 Å². The molecule has 24 heavy (non-hydrogen) atoms. The highest BCUT2D eigenvalue weighted by molar-refractivity contribution is 5.91. The standard InChI is InChI=1S/C21H30N2O/c1-16(2)8-10-20(23-14-12-22-13-15-23)18-9-11-21(24-3)19-7-5-4-6-17(18)19/h4-7,9,11,16,20,22H,8,10,12-15H2,1-3H3/t20-/m1/s1. The molecule has 1 N–H and O–H groups in total. The van der Waals surface area contributed by atoms with E-state index in [2.05, 4.69) is 60.5 Å². The number of hydrogen-bond donors (Lipinski definition) is 1. The molecule has 2 aromatic carbocycles. The number of nitrogens with one attached hydrogen (secondary N) is 1. The Hall–Kier alpha value is -1.58. The fourth-order valence-corrected chi connectivity index (χ4v) is 3.78. The van der Waals surface area contributed by atoms with Gasteiger partial charge >= 0.3 is 0 Å². The number of rotatable bonds is 6. The molecule has 0 spiro atoms. The van der Waals surface area contributed by atoms with Crippen molar-refractivity contribution in [2.45, 2.75) is 32.7 Å². The lowest BCUT2D eigenvalue weighted by Gasteiger charge is -2.36. The van der Waals surface area contributed by atoms with Crippen LogP contribution in [0, 0.1) is 5.92 Å². The summed E-state index contributed by atoms with van der Waals surface area (Å²) >= 11 is 0. The molecule has 0 bridgehead atoms. The molecule has 1 saturated heterocycles. The summed E-state index contributed by atoms with van der Waals surface area (Å²) in [6.07, 6.45) is 2.48. The topological polar surface area (TPSA) is 24.5 Å². The maximum Gasteiger partial charge on any atom is 0.126 e. The number of methoxy groups -OCH3 is 1. The first-order valence-electron chi connectivity index (χ1n) is 9.21. The Morgan fingerprint density at radius 1 is 1.00 bits per heavy atom. The van der Waals surface area contributed by atoms with Crippen LogP contribution in [-0.4, -0.2) is 38.2 Å². The van der Waals surface area contributed by atoms with Gasteiger partial charge < -0.3 is 10.1 Å². The summed E-state index contributed by atoms with van der Waals surface area (Å²) < 4.78 is 5.58. The van der Waals surface area contributed by atoms with E-state index in [4.69, 9.17) is 4.74 Å². The Labute approximate surface area is 146 Å². The zero-order chi connectivity index (χ0) is 16.9. The lowest BCUT2D eigenvalue weighted by Crippen LogP contribution is -2.45. The molecule has 1 atom stereocenters. The van der Waals surface area contributed by atoms with Crippen LogP contribution in [0.25, 0.3) is 10.8 Å².